The summed E-state index contributed by atoms with van der Waals surface area (Å²) in [7, 11) is 0. The summed E-state index contributed by atoms with van der Waals surface area (Å²) in [6.45, 7) is 0.844. The Balaban J connectivity index is 1.64. The number of rotatable bonds is 4. The van der Waals surface area contributed by atoms with E-state index in [4.69, 9.17) is 25.9 Å². The molecule has 0 spiro atoms. The summed E-state index contributed by atoms with van der Waals surface area (Å²) in [4.78, 5) is 9.24. The van der Waals surface area contributed by atoms with E-state index in [1.165, 1.54) is 0 Å². The zero-order chi connectivity index (χ0) is 18.4. The first-order valence-corrected chi connectivity index (χ1v) is 8.73. The van der Waals surface area contributed by atoms with Crippen molar-refractivity contribution in [2.45, 2.75) is 12.8 Å². The van der Waals surface area contributed by atoms with Crippen molar-refractivity contribution in [3.05, 3.63) is 53.3 Å². The van der Waals surface area contributed by atoms with Crippen molar-refractivity contribution in [2.75, 3.05) is 19.1 Å². The van der Waals surface area contributed by atoms with Crippen LogP contribution < -0.4 is 20.9 Å². The SMILES string of the molecule is NCCc1ccc2c(c1)nc(Cc1ccc3c(c1)OCO3)n1nc(N)nc21. The maximum absolute atomic E-state index is 5.87. The van der Waals surface area contributed by atoms with Gasteiger partial charge in [-0.05, 0) is 48.4 Å². The molecule has 0 bridgehead atoms. The second-order valence-electron chi connectivity index (χ2n) is 6.49. The van der Waals surface area contributed by atoms with E-state index in [2.05, 4.69) is 16.1 Å². The van der Waals surface area contributed by atoms with Crippen molar-refractivity contribution >= 4 is 22.5 Å². The summed E-state index contributed by atoms with van der Waals surface area (Å²) in [5, 5.41) is 5.25. The van der Waals surface area contributed by atoms with Gasteiger partial charge in [-0.3, -0.25) is 0 Å². The van der Waals surface area contributed by atoms with E-state index in [0.717, 1.165) is 45.8 Å². The lowest BCUT2D eigenvalue weighted by atomic mass is 10.1. The van der Waals surface area contributed by atoms with Gasteiger partial charge in [0.15, 0.2) is 17.1 Å². The second-order valence-corrected chi connectivity index (χ2v) is 6.49. The van der Waals surface area contributed by atoms with E-state index in [9.17, 15) is 0 Å². The summed E-state index contributed by atoms with van der Waals surface area (Å²) in [5.41, 5.74) is 15.3. The van der Waals surface area contributed by atoms with Gasteiger partial charge in [0.2, 0.25) is 12.7 Å². The Bertz CT molecular complexity index is 1170. The van der Waals surface area contributed by atoms with Crippen LogP contribution in [0.4, 0.5) is 5.95 Å². The maximum atomic E-state index is 5.87. The highest BCUT2D eigenvalue weighted by Gasteiger charge is 2.16. The van der Waals surface area contributed by atoms with Crippen LogP contribution in [0.25, 0.3) is 16.6 Å². The number of hydrogen-bond acceptors (Lipinski definition) is 7. The Labute approximate surface area is 154 Å². The highest BCUT2D eigenvalue weighted by Crippen LogP contribution is 2.33. The van der Waals surface area contributed by atoms with Gasteiger partial charge in [-0.15, -0.1) is 5.10 Å². The number of nitrogen functional groups attached to an aromatic ring is 1. The minimum Gasteiger partial charge on any atom is -0.454 e. The number of benzene rings is 2. The highest BCUT2D eigenvalue weighted by molar-refractivity contribution is 5.92. The third kappa shape index (κ3) is 2.70. The Morgan fingerprint density at radius 1 is 1.00 bits per heavy atom. The predicted molar refractivity (Wildman–Crippen MR) is 101 cm³/mol. The highest BCUT2D eigenvalue weighted by atomic mass is 16.7. The van der Waals surface area contributed by atoms with Gasteiger partial charge < -0.3 is 20.9 Å². The van der Waals surface area contributed by atoms with Gasteiger partial charge in [0.05, 0.1) is 5.52 Å². The third-order valence-corrected chi connectivity index (χ3v) is 4.65. The lowest BCUT2D eigenvalue weighted by Gasteiger charge is -2.08. The Morgan fingerprint density at radius 2 is 1.85 bits per heavy atom. The molecule has 0 radical (unpaired) electrons. The van der Waals surface area contributed by atoms with E-state index in [0.29, 0.717) is 18.6 Å². The molecule has 4 aromatic rings. The summed E-state index contributed by atoms with van der Waals surface area (Å²) in [6.07, 6.45) is 1.36. The maximum Gasteiger partial charge on any atom is 0.240 e. The number of nitrogens with two attached hydrogens (primary N) is 2. The molecule has 0 saturated carbocycles. The molecule has 2 aromatic heterocycles. The zero-order valence-corrected chi connectivity index (χ0v) is 14.6. The van der Waals surface area contributed by atoms with Crippen LogP contribution in [0.5, 0.6) is 11.5 Å². The minimum absolute atomic E-state index is 0.224. The molecule has 8 nitrogen and oxygen atoms in total. The van der Waals surface area contributed by atoms with Crippen LogP contribution in [-0.2, 0) is 12.8 Å². The first-order chi connectivity index (χ1) is 13.2. The zero-order valence-electron chi connectivity index (χ0n) is 14.6. The number of nitrogens with zero attached hydrogens (tertiary/aromatic N) is 4. The Kier molecular flexibility index (Phi) is 3.58. The molecular formula is C19H18N6O2. The van der Waals surface area contributed by atoms with Crippen molar-refractivity contribution in [3.63, 3.8) is 0 Å². The minimum atomic E-state index is 0.224. The van der Waals surface area contributed by atoms with E-state index in [1.807, 2.05) is 30.3 Å². The van der Waals surface area contributed by atoms with Crippen LogP contribution in [-0.4, -0.2) is 32.9 Å². The molecule has 0 saturated heterocycles. The fraction of sp³-hybridized carbons (Fsp3) is 0.211. The van der Waals surface area contributed by atoms with Crippen LogP contribution in [0.3, 0.4) is 0 Å². The molecule has 27 heavy (non-hydrogen) atoms. The third-order valence-electron chi connectivity index (χ3n) is 4.65. The molecule has 136 valence electrons. The molecule has 2 aromatic carbocycles. The lowest BCUT2D eigenvalue weighted by molar-refractivity contribution is 0.174. The topological polar surface area (TPSA) is 114 Å². The number of ether oxygens (including phenoxy) is 2. The molecule has 0 amide bonds. The number of hydrogen-bond donors (Lipinski definition) is 2. The molecular weight excluding hydrogens is 344 g/mol. The fourth-order valence-corrected chi connectivity index (χ4v) is 3.40. The van der Waals surface area contributed by atoms with Gasteiger partial charge in [-0.2, -0.15) is 9.50 Å². The van der Waals surface area contributed by atoms with Gasteiger partial charge in [0.25, 0.3) is 0 Å². The van der Waals surface area contributed by atoms with Crippen LogP contribution in [0.15, 0.2) is 36.4 Å². The van der Waals surface area contributed by atoms with E-state index >= 15 is 0 Å². The molecule has 1 aliphatic rings. The molecule has 0 aliphatic carbocycles. The van der Waals surface area contributed by atoms with Crippen molar-refractivity contribution in [1.29, 1.82) is 0 Å². The van der Waals surface area contributed by atoms with Crippen LogP contribution in [0.2, 0.25) is 0 Å². The average molecular weight is 362 g/mol. The largest absolute Gasteiger partial charge is 0.454 e. The Hall–Kier alpha value is -3.39. The first kappa shape index (κ1) is 15.8. The molecule has 5 rings (SSSR count). The fourth-order valence-electron chi connectivity index (χ4n) is 3.40. The molecule has 3 heterocycles. The van der Waals surface area contributed by atoms with Crippen LogP contribution >= 0.6 is 0 Å². The number of anilines is 1. The van der Waals surface area contributed by atoms with Gasteiger partial charge in [0.1, 0.15) is 5.82 Å². The Morgan fingerprint density at radius 3 is 2.74 bits per heavy atom. The van der Waals surface area contributed by atoms with Crippen LogP contribution in [0.1, 0.15) is 17.0 Å². The molecule has 1 aliphatic heterocycles. The second kappa shape index (κ2) is 6.10. The normalized spacial score (nSPS) is 12.9. The average Bonchev–Trinajstić information content (AvgIpc) is 3.27. The molecule has 0 fully saturated rings. The van der Waals surface area contributed by atoms with Crippen LogP contribution in [0, 0.1) is 0 Å². The molecule has 8 heteroatoms. The standard InChI is InChI=1S/C19H18N6O2/c20-6-5-11-1-3-13-14(7-11)22-17(25-18(13)23-19(21)24-25)9-12-2-4-15-16(8-12)27-10-26-15/h1-4,7-8H,5-6,9-10,20H2,(H2,21,24). The molecule has 0 unspecified atom stereocenters. The summed E-state index contributed by atoms with van der Waals surface area (Å²) in [5.74, 6) is 2.48. The van der Waals surface area contributed by atoms with Gasteiger partial charge in [0, 0.05) is 11.8 Å². The van der Waals surface area contributed by atoms with Gasteiger partial charge in [-0.25, -0.2) is 4.98 Å². The lowest BCUT2D eigenvalue weighted by Crippen LogP contribution is -2.06. The van der Waals surface area contributed by atoms with Gasteiger partial charge >= 0.3 is 0 Å². The first-order valence-electron chi connectivity index (χ1n) is 8.73. The quantitative estimate of drug-likeness (QED) is 0.568. The monoisotopic (exact) mass is 362 g/mol. The van der Waals surface area contributed by atoms with Gasteiger partial charge in [-0.1, -0.05) is 12.1 Å². The number of fused-ring (bicyclic) bond motifs is 4. The van der Waals surface area contributed by atoms with E-state index < -0.39 is 0 Å². The van der Waals surface area contributed by atoms with E-state index in [-0.39, 0.29) is 12.7 Å². The van der Waals surface area contributed by atoms with Crippen molar-refractivity contribution in [1.82, 2.24) is 19.6 Å². The van der Waals surface area contributed by atoms with Crippen molar-refractivity contribution in [2.24, 2.45) is 5.73 Å². The van der Waals surface area contributed by atoms with Crippen molar-refractivity contribution in [3.8, 4) is 11.5 Å². The van der Waals surface area contributed by atoms with Crippen molar-refractivity contribution < 1.29 is 9.47 Å². The number of aromatic nitrogens is 4. The summed E-state index contributed by atoms with van der Waals surface area (Å²) < 4.78 is 12.6. The predicted octanol–water partition coefficient (Wildman–Crippen LogP) is 1.68. The summed E-state index contributed by atoms with van der Waals surface area (Å²) in [6, 6.07) is 12.0. The molecule has 4 N–H and O–H groups in total. The smallest absolute Gasteiger partial charge is 0.240 e. The van der Waals surface area contributed by atoms with E-state index in [1.54, 1.807) is 4.52 Å². The molecule has 0 atom stereocenters. The summed E-state index contributed by atoms with van der Waals surface area (Å²) >= 11 is 0.